The van der Waals surface area contributed by atoms with Crippen molar-refractivity contribution in [3.63, 3.8) is 0 Å². The molecule has 154 valence electrons. The molecule has 0 fully saturated rings. The normalized spacial score (nSPS) is 10.5. The van der Waals surface area contributed by atoms with Crippen molar-refractivity contribution < 1.29 is 9.59 Å². The van der Waals surface area contributed by atoms with Crippen LogP contribution in [0.2, 0.25) is 0 Å². The number of hydrogen-bond acceptors (Lipinski definition) is 5. The van der Waals surface area contributed by atoms with E-state index in [1.165, 1.54) is 23.1 Å². The van der Waals surface area contributed by atoms with Crippen molar-refractivity contribution in [3.8, 4) is 11.3 Å². The number of nitrogens with zero attached hydrogens (tertiary/aromatic N) is 1. The van der Waals surface area contributed by atoms with Gasteiger partial charge in [0, 0.05) is 21.4 Å². The molecule has 5 nitrogen and oxygen atoms in total. The summed E-state index contributed by atoms with van der Waals surface area (Å²) in [6, 6.07) is 26.3. The Bertz CT molecular complexity index is 1180. The molecule has 3 aromatic carbocycles. The summed E-state index contributed by atoms with van der Waals surface area (Å²) in [6.07, 6.45) is 0. The van der Waals surface area contributed by atoms with Gasteiger partial charge in [-0.25, -0.2) is 4.98 Å². The predicted molar refractivity (Wildman–Crippen MR) is 128 cm³/mol. The van der Waals surface area contributed by atoms with Crippen LogP contribution < -0.4 is 10.6 Å². The first-order valence-corrected chi connectivity index (χ1v) is 11.4. The van der Waals surface area contributed by atoms with Crippen LogP contribution in [0.5, 0.6) is 0 Å². The van der Waals surface area contributed by atoms with Gasteiger partial charge in [0.25, 0.3) is 5.91 Å². The van der Waals surface area contributed by atoms with Gasteiger partial charge in [-0.15, -0.1) is 23.1 Å². The number of anilines is 2. The Balaban J connectivity index is 1.36. The second-order valence-corrected chi connectivity index (χ2v) is 8.43. The lowest BCUT2D eigenvalue weighted by Crippen LogP contribution is -2.15. The average molecular weight is 446 g/mol. The van der Waals surface area contributed by atoms with E-state index in [1.807, 2.05) is 78.2 Å². The topological polar surface area (TPSA) is 71.1 Å². The zero-order chi connectivity index (χ0) is 21.5. The highest BCUT2D eigenvalue weighted by Gasteiger charge is 2.12. The van der Waals surface area contributed by atoms with E-state index in [1.54, 1.807) is 12.1 Å². The van der Waals surface area contributed by atoms with E-state index in [2.05, 4.69) is 15.6 Å². The largest absolute Gasteiger partial charge is 0.321 e. The van der Waals surface area contributed by atoms with Gasteiger partial charge < -0.3 is 10.6 Å². The maximum Gasteiger partial charge on any atom is 0.255 e. The minimum Gasteiger partial charge on any atom is -0.321 e. The van der Waals surface area contributed by atoms with Crippen molar-refractivity contribution in [3.05, 3.63) is 95.9 Å². The Hall–Kier alpha value is -3.42. The molecule has 2 amide bonds. The quantitative estimate of drug-likeness (QED) is 0.353. The highest BCUT2D eigenvalue weighted by molar-refractivity contribution is 8.00. The van der Waals surface area contributed by atoms with Gasteiger partial charge in [0.1, 0.15) is 0 Å². The number of thioether (sulfide) groups is 1. The summed E-state index contributed by atoms with van der Waals surface area (Å²) in [5.74, 6) is -0.129. The molecular formula is C24H19N3O2S2. The minimum atomic E-state index is -0.186. The fourth-order valence-electron chi connectivity index (χ4n) is 2.85. The van der Waals surface area contributed by atoms with E-state index in [0.717, 1.165) is 16.2 Å². The fourth-order valence-corrected chi connectivity index (χ4v) is 4.40. The van der Waals surface area contributed by atoms with E-state index < -0.39 is 0 Å². The van der Waals surface area contributed by atoms with Crippen molar-refractivity contribution in [2.24, 2.45) is 0 Å². The van der Waals surface area contributed by atoms with Crippen LogP contribution in [0.3, 0.4) is 0 Å². The number of rotatable bonds is 7. The zero-order valence-corrected chi connectivity index (χ0v) is 18.1. The number of nitrogens with one attached hydrogen (secondary N) is 2. The van der Waals surface area contributed by atoms with Crippen LogP contribution in [0.1, 0.15) is 10.4 Å². The lowest BCUT2D eigenvalue weighted by molar-refractivity contribution is -0.113. The van der Waals surface area contributed by atoms with Crippen LogP contribution in [0.4, 0.5) is 10.8 Å². The number of para-hydroxylation sites is 1. The number of amides is 2. The molecule has 0 aliphatic carbocycles. The zero-order valence-electron chi connectivity index (χ0n) is 16.4. The second kappa shape index (κ2) is 10.1. The van der Waals surface area contributed by atoms with Gasteiger partial charge in [-0.05, 0) is 24.3 Å². The van der Waals surface area contributed by atoms with Crippen molar-refractivity contribution in [2.45, 2.75) is 4.90 Å². The van der Waals surface area contributed by atoms with Crippen LogP contribution in [0.25, 0.3) is 11.3 Å². The Kier molecular flexibility index (Phi) is 6.76. The van der Waals surface area contributed by atoms with Crippen LogP contribution in [-0.4, -0.2) is 22.6 Å². The predicted octanol–water partition coefficient (Wildman–Crippen LogP) is 5.79. The minimum absolute atomic E-state index is 0.150. The van der Waals surface area contributed by atoms with Gasteiger partial charge >= 0.3 is 0 Å². The third-order valence-corrected chi connectivity index (χ3v) is 6.18. The molecule has 1 aromatic heterocycles. The first kappa shape index (κ1) is 20.8. The Morgan fingerprint density at radius 1 is 0.839 bits per heavy atom. The molecule has 4 rings (SSSR count). The molecule has 31 heavy (non-hydrogen) atoms. The lowest BCUT2D eigenvalue weighted by Gasteiger charge is -2.10. The summed E-state index contributed by atoms with van der Waals surface area (Å²) >= 11 is 2.76. The van der Waals surface area contributed by atoms with E-state index in [9.17, 15) is 9.59 Å². The van der Waals surface area contributed by atoms with E-state index >= 15 is 0 Å². The maximum atomic E-state index is 12.5. The molecule has 0 aliphatic heterocycles. The van der Waals surface area contributed by atoms with Crippen molar-refractivity contribution >= 4 is 45.7 Å². The monoisotopic (exact) mass is 445 g/mol. The molecule has 0 saturated carbocycles. The number of hydrogen-bond donors (Lipinski definition) is 2. The van der Waals surface area contributed by atoms with Gasteiger partial charge in [-0.1, -0.05) is 60.7 Å². The van der Waals surface area contributed by atoms with Crippen LogP contribution in [0.15, 0.2) is 95.2 Å². The molecule has 7 heteroatoms. The highest BCUT2D eigenvalue weighted by atomic mass is 32.2. The molecule has 0 saturated heterocycles. The molecule has 0 aliphatic rings. The number of carbonyl (C=O) groups is 2. The molecule has 2 N–H and O–H groups in total. The van der Waals surface area contributed by atoms with Crippen molar-refractivity contribution in [1.29, 1.82) is 0 Å². The average Bonchev–Trinajstić information content (AvgIpc) is 3.28. The summed E-state index contributed by atoms with van der Waals surface area (Å²) in [7, 11) is 0. The van der Waals surface area contributed by atoms with Gasteiger partial charge in [0.15, 0.2) is 5.13 Å². The fraction of sp³-hybridized carbons (Fsp3) is 0.0417. The Morgan fingerprint density at radius 2 is 1.52 bits per heavy atom. The summed E-state index contributed by atoms with van der Waals surface area (Å²) in [6.45, 7) is 0. The summed E-state index contributed by atoms with van der Waals surface area (Å²) in [5, 5.41) is 8.26. The summed E-state index contributed by atoms with van der Waals surface area (Å²) in [5.41, 5.74) is 3.10. The SMILES string of the molecule is O=C(CSc1ccccc1NC(=O)c1ccccc1)Nc1nc(-c2ccccc2)cs1. The molecule has 0 bridgehead atoms. The van der Waals surface area contributed by atoms with Crippen molar-refractivity contribution in [1.82, 2.24) is 4.98 Å². The molecule has 0 atom stereocenters. The number of thiazole rings is 1. The molecule has 1 heterocycles. The van der Waals surface area contributed by atoms with Crippen LogP contribution >= 0.6 is 23.1 Å². The number of carbonyl (C=O) groups excluding carboxylic acids is 2. The van der Waals surface area contributed by atoms with E-state index in [0.29, 0.717) is 16.4 Å². The second-order valence-electron chi connectivity index (χ2n) is 6.56. The lowest BCUT2D eigenvalue weighted by atomic mass is 10.2. The van der Waals surface area contributed by atoms with E-state index in [-0.39, 0.29) is 17.6 Å². The van der Waals surface area contributed by atoms with Crippen LogP contribution in [0, 0.1) is 0 Å². The Morgan fingerprint density at radius 3 is 2.29 bits per heavy atom. The molecule has 4 aromatic rings. The Labute approximate surface area is 188 Å². The molecule has 0 unspecified atom stereocenters. The summed E-state index contributed by atoms with van der Waals surface area (Å²) < 4.78 is 0. The third-order valence-electron chi connectivity index (χ3n) is 4.35. The smallest absolute Gasteiger partial charge is 0.255 e. The molecule has 0 spiro atoms. The standard InChI is InChI=1S/C24H19N3O2S2/c28-22(27-24-26-20(15-31-24)17-9-3-1-4-10-17)16-30-21-14-8-7-13-19(21)25-23(29)18-11-5-2-6-12-18/h1-15H,16H2,(H,25,29)(H,26,27,28). The first-order chi connectivity index (χ1) is 15.2. The molecular weight excluding hydrogens is 426 g/mol. The number of benzene rings is 3. The highest BCUT2D eigenvalue weighted by Crippen LogP contribution is 2.28. The third kappa shape index (κ3) is 5.59. The van der Waals surface area contributed by atoms with E-state index in [4.69, 9.17) is 0 Å². The van der Waals surface area contributed by atoms with Crippen molar-refractivity contribution in [2.75, 3.05) is 16.4 Å². The van der Waals surface area contributed by atoms with Gasteiger partial charge in [0.2, 0.25) is 5.91 Å². The van der Waals surface area contributed by atoms with Gasteiger partial charge in [0.05, 0.1) is 17.1 Å². The molecule has 0 radical (unpaired) electrons. The summed E-state index contributed by atoms with van der Waals surface area (Å²) in [4.78, 5) is 30.2. The van der Waals surface area contributed by atoms with Gasteiger partial charge in [-0.2, -0.15) is 0 Å². The maximum absolute atomic E-state index is 12.5. The van der Waals surface area contributed by atoms with Crippen LogP contribution in [-0.2, 0) is 4.79 Å². The van der Waals surface area contributed by atoms with Gasteiger partial charge in [-0.3, -0.25) is 9.59 Å². The number of aromatic nitrogens is 1. The first-order valence-electron chi connectivity index (χ1n) is 9.58.